The van der Waals surface area contributed by atoms with Gasteiger partial charge >= 0.3 is 18.9 Å². The van der Waals surface area contributed by atoms with Crippen LogP contribution in [0.15, 0.2) is 237 Å². The Labute approximate surface area is 367 Å². The van der Waals surface area contributed by atoms with Crippen molar-refractivity contribution < 1.29 is 24.4 Å². The number of rotatable bonds is 11. The third-order valence-corrected chi connectivity index (χ3v) is 17.0. The van der Waals surface area contributed by atoms with Crippen LogP contribution in [0.5, 0.6) is 0 Å². The molecular weight excluding hydrogens is 951 g/mol. The van der Waals surface area contributed by atoms with Gasteiger partial charge in [-0.25, -0.2) is 0 Å². The fourth-order valence-electron chi connectivity index (χ4n) is 7.01. The molecule has 8 aromatic carbocycles. The van der Waals surface area contributed by atoms with E-state index < -0.39 is 23.8 Å². The molecule has 1 radical (unpaired) electrons. The van der Waals surface area contributed by atoms with Gasteiger partial charge in [0.25, 0.3) is 0 Å². The first-order valence-electron chi connectivity index (χ1n) is 19.2. The van der Waals surface area contributed by atoms with E-state index >= 15 is 0 Å². The number of hydrogen-bond acceptors (Lipinski definition) is 2. The quantitative estimate of drug-likeness (QED) is 0.0560. The van der Waals surface area contributed by atoms with E-state index in [2.05, 4.69) is 260 Å². The summed E-state index contributed by atoms with van der Waals surface area (Å²) in [4.78, 5) is 4.95. The van der Waals surface area contributed by atoms with Crippen molar-refractivity contribution in [2.75, 3.05) is 22.2 Å². The molecule has 8 heteroatoms. The zero-order valence-corrected chi connectivity index (χ0v) is 37.7. The molecule has 289 valence electrons. The smallest absolute Gasteiger partial charge is 0 e. The summed E-state index contributed by atoms with van der Waals surface area (Å²) in [5.74, 6) is 0. The summed E-state index contributed by atoms with van der Waals surface area (Å²) in [7, 11) is 0.828. The monoisotopic (exact) mass is 995 g/mol. The zero-order valence-electron chi connectivity index (χ0n) is 32.5. The number of nitrogens with zero attached hydrogens (tertiary/aromatic N) is 2. The van der Waals surface area contributed by atoms with Gasteiger partial charge in [-0.05, 0) is 73.0 Å². The zero-order chi connectivity index (χ0) is 39.8. The predicted octanol–water partition coefficient (Wildman–Crippen LogP) is 9.43. The number of hydrogen-bond donors (Lipinski definition) is 0. The fourth-order valence-corrected chi connectivity index (χ4v) is 13.8. The van der Waals surface area contributed by atoms with E-state index in [0.717, 1.165) is 12.6 Å². The normalized spacial score (nSPS) is 11.3. The Morgan fingerprint density at radius 3 is 0.763 bits per heavy atom. The molecule has 0 aliphatic carbocycles. The molecule has 0 unspecified atom stereocenters. The largest absolute Gasteiger partial charge is 0.0622 e. The van der Waals surface area contributed by atoms with Crippen molar-refractivity contribution in [2.24, 2.45) is 0 Å². The van der Waals surface area contributed by atoms with Crippen molar-refractivity contribution in [3.8, 4) is 0 Å². The first-order chi connectivity index (χ1) is 28.8. The minimum Gasteiger partial charge on any atom is -0.0622 e. The van der Waals surface area contributed by atoms with E-state index in [1.807, 2.05) is 0 Å². The van der Waals surface area contributed by atoms with Gasteiger partial charge in [-0.2, -0.15) is 0 Å². The average molecular weight is 994 g/mol. The van der Waals surface area contributed by atoms with E-state index in [4.69, 9.17) is 4.65 Å². The number of para-hydroxylation sites is 2. The van der Waals surface area contributed by atoms with Crippen LogP contribution in [0.1, 0.15) is 0 Å². The molecule has 8 aromatic rings. The van der Waals surface area contributed by atoms with E-state index in [9.17, 15) is 0 Å². The Morgan fingerprint density at radius 1 is 0.322 bits per heavy atom. The first kappa shape index (κ1) is 43.7. The summed E-state index contributed by atoms with van der Waals surface area (Å²) in [6.07, 6.45) is 1.90. The third-order valence-electron chi connectivity index (χ3n) is 9.68. The molecule has 0 amide bonds. The van der Waals surface area contributed by atoms with Crippen molar-refractivity contribution in [2.45, 2.75) is 0 Å². The van der Waals surface area contributed by atoms with Crippen LogP contribution in [0.25, 0.3) is 0 Å². The van der Waals surface area contributed by atoms with Gasteiger partial charge in [-0.3, -0.25) is 0 Å². The molecule has 0 saturated carbocycles. The van der Waals surface area contributed by atoms with Crippen LogP contribution in [0.3, 0.4) is 0 Å². The van der Waals surface area contributed by atoms with Crippen LogP contribution < -0.4 is 46.8 Å². The van der Waals surface area contributed by atoms with Crippen LogP contribution in [-0.4, -0.2) is 20.1 Å². The van der Waals surface area contributed by atoms with Gasteiger partial charge in [0.05, 0.1) is 0 Å². The molecular formula is C51H43BN2OOsP3. The number of anilines is 2. The van der Waals surface area contributed by atoms with Crippen LogP contribution in [-0.2, 0) is 24.4 Å². The third kappa shape index (κ3) is 11.4. The second-order valence-corrected chi connectivity index (χ2v) is 19.9. The van der Waals surface area contributed by atoms with Crippen molar-refractivity contribution in [1.82, 2.24) is 0 Å². The van der Waals surface area contributed by atoms with Crippen LogP contribution in [0.4, 0.5) is 11.4 Å². The van der Waals surface area contributed by atoms with Gasteiger partial charge < -0.3 is 9.62 Å². The minimum absolute atomic E-state index is 0. The fraction of sp³-hybridized carbons (Fsp3) is 0.0392. The van der Waals surface area contributed by atoms with Gasteiger partial charge in [0.15, 0.2) is 0 Å². The van der Waals surface area contributed by atoms with Crippen molar-refractivity contribution in [3.05, 3.63) is 243 Å². The van der Waals surface area contributed by atoms with Crippen molar-refractivity contribution in [1.29, 1.82) is 0 Å². The number of fused-ring (bicyclic) bond motifs is 1. The van der Waals surface area contributed by atoms with Gasteiger partial charge in [0.1, 0.15) is 0 Å². The summed E-state index contributed by atoms with van der Waals surface area (Å²) < 4.78 is 7.50. The summed E-state index contributed by atoms with van der Waals surface area (Å²) >= 11 is 0. The predicted molar refractivity (Wildman–Crippen MR) is 254 cm³/mol. The van der Waals surface area contributed by atoms with Crippen LogP contribution in [0, 0.1) is 6.65 Å². The maximum atomic E-state index is 7.50. The molecule has 9 rings (SSSR count). The maximum absolute atomic E-state index is 7.50. The van der Waals surface area contributed by atoms with Crippen LogP contribution >= 0.6 is 23.8 Å². The molecule has 1 aliphatic heterocycles. The van der Waals surface area contributed by atoms with E-state index in [1.165, 1.54) is 48.5 Å². The molecule has 1 heterocycles. The Morgan fingerprint density at radius 2 is 0.525 bits per heavy atom. The van der Waals surface area contributed by atoms with E-state index in [0.29, 0.717) is 0 Å². The van der Waals surface area contributed by atoms with Gasteiger partial charge in [-0.15, -0.1) is 0 Å². The Hall–Kier alpha value is -4.91. The topological polar surface area (TPSA) is 26.4 Å². The Balaban J connectivity index is 0.000000224. The molecule has 0 spiro atoms. The second kappa shape index (κ2) is 23.0. The SMILES string of the molecule is [B]1N(CP(c2ccccc2)c2ccccc2)c2ccccc2N1CP(c1ccccc1)c1ccccc1.[C-]#[O+].[Os].c1ccc(P(c2ccccc2)c2ccccc2)cc1. The summed E-state index contributed by atoms with van der Waals surface area (Å²) in [5, 5.41) is 9.82. The van der Waals surface area contributed by atoms with Gasteiger partial charge in [0.2, 0.25) is 0 Å². The first-order valence-corrected chi connectivity index (χ1v) is 23.6. The average Bonchev–Trinajstić information content (AvgIpc) is 3.67. The molecule has 0 aromatic heterocycles. The Bertz CT molecular complexity index is 2140. The molecule has 59 heavy (non-hydrogen) atoms. The Kier molecular flexibility index (Phi) is 17.0. The van der Waals surface area contributed by atoms with E-state index in [1.54, 1.807) is 0 Å². The summed E-state index contributed by atoms with van der Waals surface area (Å²) in [6.45, 7) is 4.50. The molecule has 3 nitrogen and oxygen atoms in total. The maximum Gasteiger partial charge on any atom is 0 e. The second-order valence-electron chi connectivity index (χ2n) is 13.4. The molecule has 0 atom stereocenters. The molecule has 0 bridgehead atoms. The molecule has 0 N–H and O–H groups in total. The summed E-state index contributed by atoms with van der Waals surface area (Å²) in [6, 6.07) is 85.1. The van der Waals surface area contributed by atoms with Crippen molar-refractivity contribution in [3.63, 3.8) is 0 Å². The molecule has 0 saturated heterocycles. The molecule has 1 aliphatic rings. The minimum atomic E-state index is -0.540. The molecule has 0 fully saturated rings. The summed E-state index contributed by atoms with van der Waals surface area (Å²) in [5.41, 5.74) is 2.58. The van der Waals surface area contributed by atoms with Crippen LogP contribution in [0.2, 0.25) is 0 Å². The van der Waals surface area contributed by atoms with E-state index in [-0.39, 0.29) is 19.8 Å². The standard InChI is InChI=1S/C32H28BN2P2.C18H15P.CO.Os/c1-5-15-27(16-6-1)36(28-17-7-2-8-18-28)25-34-31-23-13-14-24-32(31)35(33-34)26-37(29-19-9-3-10-20-29)30-21-11-4-12-22-30;1-4-10-16(11-5-1)19(17-12-6-2-7-13-17)18-14-8-3-9-15-18;1-2;/h1-24H,25-26H2;1-15H;;. The van der Waals surface area contributed by atoms with Gasteiger partial charge in [0, 0.05) is 43.7 Å². The van der Waals surface area contributed by atoms with Gasteiger partial charge in [-0.1, -0.05) is 224 Å². The van der Waals surface area contributed by atoms with Crippen molar-refractivity contribution >= 4 is 79.8 Å². The number of benzene rings is 8.